The van der Waals surface area contributed by atoms with Gasteiger partial charge in [-0.25, -0.2) is 0 Å². The molecule has 0 bridgehead atoms. The summed E-state index contributed by atoms with van der Waals surface area (Å²) >= 11 is 0. The number of nitrogens with one attached hydrogen (secondary N) is 1. The van der Waals surface area contributed by atoms with Crippen LogP contribution in [0.15, 0.2) is 42.5 Å². The Balaban J connectivity index is 2.23. The molecule has 0 heterocycles. The molecule has 20 heavy (non-hydrogen) atoms. The van der Waals surface area contributed by atoms with Crippen LogP contribution >= 0.6 is 0 Å². The van der Waals surface area contributed by atoms with Gasteiger partial charge >= 0.3 is 5.97 Å². The lowest BCUT2D eigenvalue weighted by Crippen LogP contribution is -2.42. The van der Waals surface area contributed by atoms with Crippen LogP contribution in [0.1, 0.15) is 6.42 Å². The Morgan fingerprint density at radius 1 is 1.25 bits per heavy atom. The molecule has 5 nitrogen and oxygen atoms in total. The van der Waals surface area contributed by atoms with Crippen LogP contribution in [0.3, 0.4) is 0 Å². The molecule has 104 valence electrons. The monoisotopic (exact) mass is 272 g/mol. The largest absolute Gasteiger partial charge is 0.481 e. The van der Waals surface area contributed by atoms with Crippen LogP contribution in [0, 0.1) is 0 Å². The van der Waals surface area contributed by atoms with E-state index in [0.717, 1.165) is 16.5 Å². The van der Waals surface area contributed by atoms with E-state index < -0.39 is 18.1 Å². The average Bonchev–Trinajstić information content (AvgIpc) is 2.45. The molecule has 2 aromatic rings. The molecule has 2 atom stereocenters. The number of carboxylic acids is 1. The predicted molar refractivity (Wildman–Crippen MR) is 77.7 cm³/mol. The molecular weight excluding hydrogens is 256 g/mol. The quantitative estimate of drug-likeness (QED) is 0.695. The molecule has 0 saturated heterocycles. The number of benzene rings is 2. The first-order chi connectivity index (χ1) is 9.60. The first-order valence-corrected chi connectivity index (χ1v) is 6.28. The number of anilines is 1. The number of hydrogen-bond acceptors (Lipinski definition) is 4. The number of aliphatic carboxylic acids is 1. The Bertz CT molecular complexity index is 627. The van der Waals surface area contributed by atoms with Crippen molar-refractivity contribution < 1.29 is 14.7 Å². The van der Waals surface area contributed by atoms with Gasteiger partial charge in [0.2, 0.25) is 0 Å². The summed E-state index contributed by atoms with van der Waals surface area (Å²) in [5.74, 6) is -0.999. The third kappa shape index (κ3) is 3.33. The van der Waals surface area contributed by atoms with Crippen molar-refractivity contribution in [3.05, 3.63) is 42.5 Å². The zero-order valence-electron chi connectivity index (χ0n) is 10.8. The summed E-state index contributed by atoms with van der Waals surface area (Å²) in [5, 5.41) is 14.0. The number of aldehydes is 1. The first kappa shape index (κ1) is 14.0. The van der Waals surface area contributed by atoms with E-state index in [9.17, 15) is 9.59 Å². The number of fused-ring (bicyclic) bond motifs is 1. The fourth-order valence-electron chi connectivity index (χ4n) is 2.06. The predicted octanol–water partition coefficient (Wildman–Crippen LogP) is 1.62. The van der Waals surface area contributed by atoms with Crippen LogP contribution in [0.5, 0.6) is 0 Å². The molecule has 0 aliphatic heterocycles. The Kier molecular flexibility index (Phi) is 4.32. The summed E-state index contributed by atoms with van der Waals surface area (Å²) in [7, 11) is 0. The Hall–Kier alpha value is -2.40. The number of rotatable bonds is 6. The standard InChI is InChI=1S/C15H16N2O3/c16-13(9-18)14(8-15(19)20)17-12-6-5-10-3-1-2-4-11(10)7-12/h1-7,9,13-14,17H,8,16H2,(H,19,20)/t13-,14?/m1/s1. The van der Waals surface area contributed by atoms with Crippen molar-refractivity contribution in [2.24, 2.45) is 5.73 Å². The van der Waals surface area contributed by atoms with Gasteiger partial charge in [-0.15, -0.1) is 0 Å². The third-order valence-electron chi connectivity index (χ3n) is 3.12. The second kappa shape index (κ2) is 6.16. The van der Waals surface area contributed by atoms with Gasteiger partial charge in [-0.2, -0.15) is 0 Å². The van der Waals surface area contributed by atoms with E-state index in [-0.39, 0.29) is 6.42 Å². The molecule has 0 spiro atoms. The zero-order chi connectivity index (χ0) is 14.5. The third-order valence-corrected chi connectivity index (χ3v) is 3.12. The second-order valence-electron chi connectivity index (χ2n) is 4.62. The van der Waals surface area contributed by atoms with Gasteiger partial charge in [0.25, 0.3) is 0 Å². The summed E-state index contributed by atoms with van der Waals surface area (Å²) < 4.78 is 0. The van der Waals surface area contributed by atoms with E-state index in [0.29, 0.717) is 6.29 Å². The number of carbonyl (C=O) groups excluding carboxylic acids is 1. The molecular formula is C15H16N2O3. The number of carbonyl (C=O) groups is 2. The number of carboxylic acid groups (broad SMARTS) is 1. The van der Waals surface area contributed by atoms with Crippen LogP contribution in [-0.2, 0) is 9.59 Å². The van der Waals surface area contributed by atoms with Gasteiger partial charge in [0.15, 0.2) is 0 Å². The van der Waals surface area contributed by atoms with E-state index in [2.05, 4.69) is 5.32 Å². The molecule has 4 N–H and O–H groups in total. The van der Waals surface area contributed by atoms with Gasteiger partial charge in [0.1, 0.15) is 6.29 Å². The van der Waals surface area contributed by atoms with Crippen LogP contribution in [0.2, 0.25) is 0 Å². The van der Waals surface area contributed by atoms with Gasteiger partial charge in [-0.05, 0) is 22.9 Å². The Morgan fingerprint density at radius 2 is 1.95 bits per heavy atom. The van der Waals surface area contributed by atoms with E-state index in [1.54, 1.807) is 0 Å². The van der Waals surface area contributed by atoms with E-state index >= 15 is 0 Å². The average molecular weight is 272 g/mol. The van der Waals surface area contributed by atoms with Gasteiger partial charge < -0.3 is 21.0 Å². The molecule has 0 amide bonds. The second-order valence-corrected chi connectivity index (χ2v) is 4.62. The molecule has 0 aromatic heterocycles. The van der Waals surface area contributed by atoms with E-state index in [1.165, 1.54) is 0 Å². The van der Waals surface area contributed by atoms with Crippen molar-refractivity contribution in [3.63, 3.8) is 0 Å². The van der Waals surface area contributed by atoms with E-state index in [4.69, 9.17) is 10.8 Å². The number of hydrogen-bond donors (Lipinski definition) is 3. The molecule has 2 aromatic carbocycles. The maximum Gasteiger partial charge on any atom is 0.305 e. The summed E-state index contributed by atoms with van der Waals surface area (Å²) in [6.45, 7) is 0. The number of nitrogens with two attached hydrogens (primary N) is 1. The van der Waals surface area contributed by atoms with E-state index in [1.807, 2.05) is 42.5 Å². The molecule has 0 fully saturated rings. The fraction of sp³-hybridized carbons (Fsp3) is 0.200. The molecule has 0 radical (unpaired) electrons. The zero-order valence-corrected chi connectivity index (χ0v) is 10.8. The SMILES string of the molecule is N[C@H](C=O)C(CC(=O)O)Nc1ccc2ccccc2c1. The van der Waals surface area contributed by atoms with Crippen LogP contribution in [-0.4, -0.2) is 29.4 Å². The minimum Gasteiger partial charge on any atom is -0.481 e. The van der Waals surface area contributed by atoms with Gasteiger partial charge in [0, 0.05) is 5.69 Å². The van der Waals surface area contributed by atoms with Crippen molar-refractivity contribution in [2.75, 3.05) is 5.32 Å². The normalized spacial score (nSPS) is 13.7. The van der Waals surface area contributed by atoms with Gasteiger partial charge in [-0.3, -0.25) is 4.79 Å². The highest BCUT2D eigenvalue weighted by Gasteiger charge is 2.20. The smallest absolute Gasteiger partial charge is 0.305 e. The maximum atomic E-state index is 10.8. The van der Waals surface area contributed by atoms with Crippen LogP contribution in [0.4, 0.5) is 5.69 Å². The highest BCUT2D eigenvalue weighted by atomic mass is 16.4. The van der Waals surface area contributed by atoms with Crippen molar-refractivity contribution in [1.29, 1.82) is 0 Å². The minimum absolute atomic E-state index is 0.216. The van der Waals surface area contributed by atoms with Crippen molar-refractivity contribution in [2.45, 2.75) is 18.5 Å². The van der Waals surface area contributed by atoms with Crippen molar-refractivity contribution in [1.82, 2.24) is 0 Å². The first-order valence-electron chi connectivity index (χ1n) is 6.28. The summed E-state index contributed by atoms with van der Waals surface area (Å²) in [4.78, 5) is 21.6. The van der Waals surface area contributed by atoms with Crippen LogP contribution in [0.25, 0.3) is 10.8 Å². The Labute approximate surface area is 116 Å². The van der Waals surface area contributed by atoms with Crippen molar-refractivity contribution in [3.8, 4) is 0 Å². The minimum atomic E-state index is -0.999. The summed E-state index contributed by atoms with van der Waals surface area (Å²) in [5.41, 5.74) is 6.37. The molecule has 0 saturated carbocycles. The molecule has 0 aliphatic rings. The van der Waals surface area contributed by atoms with Gasteiger partial charge in [0.05, 0.1) is 18.5 Å². The molecule has 0 aliphatic carbocycles. The molecule has 2 rings (SSSR count). The van der Waals surface area contributed by atoms with Gasteiger partial charge in [-0.1, -0.05) is 30.3 Å². The lowest BCUT2D eigenvalue weighted by atomic mass is 10.1. The Morgan fingerprint density at radius 3 is 2.60 bits per heavy atom. The lowest BCUT2D eigenvalue weighted by Gasteiger charge is -2.21. The maximum absolute atomic E-state index is 10.8. The lowest BCUT2D eigenvalue weighted by molar-refractivity contribution is -0.137. The van der Waals surface area contributed by atoms with Crippen molar-refractivity contribution >= 4 is 28.7 Å². The molecule has 5 heteroatoms. The highest BCUT2D eigenvalue weighted by molar-refractivity contribution is 5.85. The molecule has 1 unspecified atom stereocenters. The summed E-state index contributed by atoms with van der Waals surface area (Å²) in [6.07, 6.45) is 0.342. The summed E-state index contributed by atoms with van der Waals surface area (Å²) in [6, 6.07) is 12.0. The highest BCUT2D eigenvalue weighted by Crippen LogP contribution is 2.20. The van der Waals surface area contributed by atoms with Crippen LogP contribution < -0.4 is 11.1 Å². The fourth-order valence-corrected chi connectivity index (χ4v) is 2.06. The topological polar surface area (TPSA) is 92.4 Å².